The van der Waals surface area contributed by atoms with Gasteiger partial charge in [0.1, 0.15) is 16.7 Å². The van der Waals surface area contributed by atoms with Crippen molar-refractivity contribution in [1.29, 1.82) is 5.26 Å². The van der Waals surface area contributed by atoms with Gasteiger partial charge in [0.25, 0.3) is 0 Å². The first-order chi connectivity index (χ1) is 17.5. The highest BCUT2D eigenvalue weighted by atomic mass is 35.5. The number of ether oxygens (including phenoxy) is 1. The van der Waals surface area contributed by atoms with E-state index in [0.29, 0.717) is 24.4 Å². The Hall–Kier alpha value is -1.86. The van der Waals surface area contributed by atoms with E-state index in [1.807, 2.05) is 6.07 Å². The van der Waals surface area contributed by atoms with Crippen molar-refractivity contribution in [2.75, 3.05) is 40.4 Å². The summed E-state index contributed by atoms with van der Waals surface area (Å²) in [5, 5.41) is 24.0. The molecule has 1 saturated heterocycles. The molecular weight excluding hydrogens is 543 g/mol. The van der Waals surface area contributed by atoms with Crippen molar-refractivity contribution in [1.82, 2.24) is 15.0 Å². The number of halogens is 2. The van der Waals surface area contributed by atoms with Crippen LogP contribution in [-0.4, -0.2) is 60.5 Å². The minimum absolute atomic E-state index is 0. The normalized spacial score (nSPS) is 19.7. The van der Waals surface area contributed by atoms with Crippen LogP contribution in [0, 0.1) is 29.1 Å². The van der Waals surface area contributed by atoms with Crippen LogP contribution in [0.2, 0.25) is 0 Å². The molecule has 0 radical (unpaired) electrons. The molecule has 2 fully saturated rings. The topological polar surface area (TPSA) is 85.8 Å². The predicted octanol–water partition coefficient (Wildman–Crippen LogP) is 5.52. The van der Waals surface area contributed by atoms with E-state index >= 15 is 0 Å². The quantitative estimate of drug-likeness (QED) is 0.319. The highest BCUT2D eigenvalue weighted by Crippen LogP contribution is 2.39. The van der Waals surface area contributed by atoms with Crippen LogP contribution >= 0.6 is 36.2 Å². The van der Waals surface area contributed by atoms with Gasteiger partial charge in [-0.15, -0.1) is 36.2 Å². The van der Waals surface area contributed by atoms with Gasteiger partial charge in [0.2, 0.25) is 0 Å². The number of thiophene rings is 1. The van der Waals surface area contributed by atoms with E-state index in [1.165, 1.54) is 17.7 Å². The zero-order chi connectivity index (χ0) is 25.1. The molecule has 1 aromatic carbocycles. The number of hydrogen-bond donors (Lipinski definition) is 1. The maximum absolute atomic E-state index is 9.32. The summed E-state index contributed by atoms with van der Waals surface area (Å²) in [5.74, 6) is 2.41. The third-order valence-corrected chi connectivity index (χ3v) is 8.63. The van der Waals surface area contributed by atoms with E-state index in [4.69, 9.17) is 14.5 Å². The third kappa shape index (κ3) is 7.41. The van der Waals surface area contributed by atoms with Gasteiger partial charge in [0.05, 0.1) is 17.9 Å². The Balaban J connectivity index is 0.00000200. The number of aryl methyl sites for hydroxylation is 1. The van der Waals surface area contributed by atoms with E-state index in [0.717, 1.165) is 78.3 Å². The van der Waals surface area contributed by atoms with Crippen molar-refractivity contribution < 1.29 is 14.4 Å². The molecule has 1 aliphatic heterocycles. The van der Waals surface area contributed by atoms with Crippen LogP contribution in [0.3, 0.4) is 0 Å². The van der Waals surface area contributed by atoms with E-state index in [2.05, 4.69) is 53.3 Å². The molecule has 3 aromatic rings. The molecule has 2 aliphatic rings. The summed E-state index contributed by atoms with van der Waals surface area (Å²) >= 11 is 1.61. The number of rotatable bonds is 11. The second-order valence-electron chi connectivity index (χ2n) is 10.7. The van der Waals surface area contributed by atoms with E-state index < -0.39 is 0 Å². The molecule has 1 saturated carbocycles. The van der Waals surface area contributed by atoms with Gasteiger partial charge in [-0.2, -0.15) is 5.26 Å². The summed E-state index contributed by atoms with van der Waals surface area (Å²) in [6.45, 7) is 4.79. The SMILES string of the molecule is CN(C)Cc1c(OC[C@@H]2C[C@@H]2CO)ccc2c(CCC3CCN(Cc4ccc(C#N)s4)CC3)noc12.Cl.Cl. The smallest absolute Gasteiger partial charge is 0.175 e. The fraction of sp³-hybridized carbons (Fsp3) is 0.571. The molecule has 1 aliphatic carbocycles. The summed E-state index contributed by atoms with van der Waals surface area (Å²) in [7, 11) is 4.10. The average molecular weight is 582 g/mol. The highest BCUT2D eigenvalue weighted by Gasteiger charge is 2.37. The molecule has 7 nitrogen and oxygen atoms in total. The Morgan fingerprint density at radius 3 is 2.63 bits per heavy atom. The Labute approximate surface area is 241 Å². The number of nitriles is 1. The van der Waals surface area contributed by atoms with Gasteiger partial charge in [0.15, 0.2) is 5.58 Å². The molecule has 38 heavy (non-hydrogen) atoms. The van der Waals surface area contributed by atoms with Gasteiger partial charge in [-0.05, 0) is 101 Å². The molecule has 10 heteroatoms. The number of aliphatic hydroxyl groups is 1. The fourth-order valence-corrected chi connectivity index (χ4v) is 6.17. The van der Waals surface area contributed by atoms with Crippen LogP contribution in [0.5, 0.6) is 5.75 Å². The lowest BCUT2D eigenvalue weighted by Gasteiger charge is -2.31. The molecule has 0 bridgehead atoms. The first kappa shape index (κ1) is 30.7. The molecule has 208 valence electrons. The number of piperidine rings is 1. The number of nitrogens with zero attached hydrogens (tertiary/aromatic N) is 4. The molecule has 1 N–H and O–H groups in total. The molecular formula is C28H38Cl2N4O3S. The molecule has 3 heterocycles. The van der Waals surface area contributed by atoms with Crippen molar-refractivity contribution in [3.05, 3.63) is 45.3 Å². The summed E-state index contributed by atoms with van der Waals surface area (Å²) < 4.78 is 12.1. The van der Waals surface area contributed by atoms with Crippen molar-refractivity contribution in [2.45, 2.75) is 45.2 Å². The zero-order valence-electron chi connectivity index (χ0n) is 22.1. The van der Waals surface area contributed by atoms with Crippen molar-refractivity contribution in [3.63, 3.8) is 0 Å². The van der Waals surface area contributed by atoms with Gasteiger partial charge in [-0.1, -0.05) is 5.16 Å². The standard InChI is InChI=1S/C28H36N4O3S.2ClH/c1-31(2)16-25-27(34-18-21-13-20(21)17-33)8-6-24-26(30-35-28(24)25)7-3-19-9-11-32(12-10-19)15-23-5-4-22(14-29)36-23;;/h4-6,8,19-21,33H,3,7,9-13,15-18H2,1-2H3;2*1H/t20-,21+;;/m1../s1. The van der Waals surface area contributed by atoms with Crippen LogP contribution in [0.15, 0.2) is 28.8 Å². The minimum atomic E-state index is 0. The Bertz CT molecular complexity index is 1220. The van der Waals surface area contributed by atoms with Gasteiger partial charge < -0.3 is 19.3 Å². The van der Waals surface area contributed by atoms with E-state index in [1.54, 1.807) is 11.3 Å². The number of fused-ring (bicyclic) bond motifs is 1. The first-order valence-corrected chi connectivity index (χ1v) is 13.9. The van der Waals surface area contributed by atoms with Gasteiger partial charge in [-0.25, -0.2) is 0 Å². The van der Waals surface area contributed by atoms with Crippen molar-refractivity contribution in [2.24, 2.45) is 17.8 Å². The zero-order valence-corrected chi connectivity index (χ0v) is 24.5. The summed E-state index contributed by atoms with van der Waals surface area (Å²) in [6, 6.07) is 10.4. The highest BCUT2D eigenvalue weighted by molar-refractivity contribution is 7.12. The lowest BCUT2D eigenvalue weighted by molar-refractivity contribution is 0.173. The Morgan fingerprint density at radius 1 is 1.18 bits per heavy atom. The largest absolute Gasteiger partial charge is 0.493 e. The van der Waals surface area contributed by atoms with Crippen LogP contribution in [0.1, 0.15) is 46.7 Å². The van der Waals surface area contributed by atoms with Crippen LogP contribution in [0.25, 0.3) is 11.0 Å². The Morgan fingerprint density at radius 2 is 1.97 bits per heavy atom. The number of benzene rings is 1. The number of aromatic nitrogens is 1. The van der Waals surface area contributed by atoms with Crippen LogP contribution in [-0.2, 0) is 19.5 Å². The minimum Gasteiger partial charge on any atom is -0.493 e. The lowest BCUT2D eigenvalue weighted by Crippen LogP contribution is -2.33. The van der Waals surface area contributed by atoms with Crippen molar-refractivity contribution in [3.8, 4) is 11.8 Å². The van der Waals surface area contributed by atoms with E-state index in [9.17, 15) is 5.11 Å². The molecule has 0 unspecified atom stereocenters. The number of aliphatic hydroxyl groups excluding tert-OH is 1. The molecule has 0 spiro atoms. The maximum atomic E-state index is 9.32. The van der Waals surface area contributed by atoms with Gasteiger partial charge >= 0.3 is 0 Å². The number of likely N-dealkylation sites (tertiary alicyclic amines) is 1. The summed E-state index contributed by atoms with van der Waals surface area (Å²) in [5.41, 5.74) is 2.94. The number of hydrogen-bond acceptors (Lipinski definition) is 8. The van der Waals surface area contributed by atoms with Crippen LogP contribution in [0.4, 0.5) is 0 Å². The molecule has 2 atom stereocenters. The second-order valence-corrected chi connectivity index (χ2v) is 11.8. The lowest BCUT2D eigenvalue weighted by atomic mass is 9.91. The van der Waals surface area contributed by atoms with Crippen LogP contribution < -0.4 is 4.74 Å². The average Bonchev–Trinajstić information content (AvgIpc) is 3.28. The second kappa shape index (κ2) is 14.0. The third-order valence-electron chi connectivity index (χ3n) is 7.65. The summed E-state index contributed by atoms with van der Waals surface area (Å²) in [6.07, 6.45) is 5.50. The van der Waals surface area contributed by atoms with Gasteiger partial charge in [0, 0.05) is 30.0 Å². The van der Waals surface area contributed by atoms with Gasteiger partial charge in [-0.3, -0.25) is 4.90 Å². The first-order valence-electron chi connectivity index (χ1n) is 13.0. The maximum Gasteiger partial charge on any atom is 0.175 e. The molecule has 2 aromatic heterocycles. The van der Waals surface area contributed by atoms with E-state index in [-0.39, 0.29) is 31.4 Å². The monoisotopic (exact) mass is 580 g/mol. The predicted molar refractivity (Wildman–Crippen MR) is 155 cm³/mol. The molecule has 0 amide bonds. The summed E-state index contributed by atoms with van der Waals surface area (Å²) in [4.78, 5) is 6.71. The fourth-order valence-electron chi connectivity index (χ4n) is 5.32. The van der Waals surface area contributed by atoms with Crippen molar-refractivity contribution >= 4 is 47.1 Å². The Kier molecular flexibility index (Phi) is 11.3. The molecule has 5 rings (SSSR count).